The molecule has 0 aliphatic carbocycles. The molecule has 2 aromatic rings. The molecule has 0 saturated carbocycles. The summed E-state index contributed by atoms with van der Waals surface area (Å²) < 4.78 is 0. The van der Waals surface area contributed by atoms with Crippen LogP contribution in [0.5, 0.6) is 0 Å². The van der Waals surface area contributed by atoms with E-state index >= 15 is 0 Å². The molecule has 1 aliphatic heterocycles. The second-order valence-corrected chi connectivity index (χ2v) is 4.45. The van der Waals surface area contributed by atoms with Gasteiger partial charge in [-0.15, -0.1) is 0 Å². The van der Waals surface area contributed by atoms with Crippen LogP contribution in [0.1, 0.15) is 0 Å². The summed E-state index contributed by atoms with van der Waals surface area (Å²) in [7, 11) is 1.63. The third-order valence-electron chi connectivity index (χ3n) is 3.22. The molecule has 2 radical (unpaired) electrons. The first-order valence-electron chi connectivity index (χ1n) is 6.21. The van der Waals surface area contributed by atoms with Crippen LogP contribution in [-0.2, 0) is 9.59 Å². The van der Waals surface area contributed by atoms with Crippen LogP contribution in [0, 0.1) is 6.42 Å². The van der Waals surface area contributed by atoms with Gasteiger partial charge in [-0.05, 0) is 24.3 Å². The predicted octanol–water partition coefficient (Wildman–Crippen LogP) is 2.41. The lowest BCUT2D eigenvalue weighted by Crippen LogP contribution is -2.29. The minimum atomic E-state index is -0.460. The SMILES string of the molecule is CN1C(=O)[C]C(=O)N(c2ccccc2)c2ccccc21. The highest BCUT2D eigenvalue weighted by molar-refractivity contribution is 6.25. The van der Waals surface area contributed by atoms with Gasteiger partial charge in [-0.2, -0.15) is 0 Å². The highest BCUT2D eigenvalue weighted by Crippen LogP contribution is 2.36. The zero-order valence-electron chi connectivity index (χ0n) is 10.9. The van der Waals surface area contributed by atoms with Crippen molar-refractivity contribution in [3.63, 3.8) is 0 Å². The number of benzene rings is 2. The van der Waals surface area contributed by atoms with Gasteiger partial charge in [-0.1, -0.05) is 30.3 Å². The van der Waals surface area contributed by atoms with Gasteiger partial charge >= 0.3 is 0 Å². The molecular formula is C16H12N2O2. The second kappa shape index (κ2) is 4.81. The molecule has 0 aromatic heterocycles. The largest absolute Gasteiger partial charge is 0.312 e. The van der Waals surface area contributed by atoms with Crippen LogP contribution in [0.4, 0.5) is 17.1 Å². The van der Waals surface area contributed by atoms with Crippen LogP contribution in [0.25, 0.3) is 0 Å². The molecule has 0 fully saturated rings. The summed E-state index contributed by atoms with van der Waals surface area (Å²) >= 11 is 0. The van der Waals surface area contributed by atoms with Gasteiger partial charge in [0.2, 0.25) is 5.91 Å². The van der Waals surface area contributed by atoms with Gasteiger partial charge in [0.05, 0.1) is 11.4 Å². The summed E-state index contributed by atoms with van der Waals surface area (Å²) in [5.41, 5.74) is 2.06. The van der Waals surface area contributed by atoms with Crippen molar-refractivity contribution >= 4 is 28.9 Å². The van der Waals surface area contributed by atoms with E-state index in [1.807, 2.05) is 54.6 Å². The standard InChI is InChI=1S/C16H12N2O2/c1-17-13-9-5-6-10-14(13)18(16(20)11-15(17)19)12-7-3-2-4-8-12/h2-10H,1H3. The number of carbonyl (C=O) groups is 2. The minimum absolute atomic E-state index is 0.444. The number of carbonyl (C=O) groups excluding carboxylic acids is 2. The average molecular weight is 264 g/mol. The molecule has 3 rings (SSSR count). The van der Waals surface area contributed by atoms with Crippen LogP contribution in [0.2, 0.25) is 0 Å². The Morgan fingerprint density at radius 1 is 0.800 bits per heavy atom. The van der Waals surface area contributed by atoms with Crippen molar-refractivity contribution < 1.29 is 9.59 Å². The molecule has 1 aliphatic rings. The summed E-state index contributed by atoms with van der Waals surface area (Å²) in [5, 5.41) is 0. The number of anilines is 3. The van der Waals surface area contributed by atoms with E-state index < -0.39 is 11.8 Å². The highest BCUT2D eigenvalue weighted by atomic mass is 16.2. The molecule has 0 spiro atoms. The third-order valence-corrected chi connectivity index (χ3v) is 3.22. The smallest absolute Gasteiger partial charge is 0.250 e. The maximum atomic E-state index is 12.3. The summed E-state index contributed by atoms with van der Waals surface area (Å²) in [4.78, 5) is 27.2. The highest BCUT2D eigenvalue weighted by Gasteiger charge is 2.31. The molecule has 0 atom stereocenters. The lowest BCUT2D eigenvalue weighted by atomic mass is 10.2. The van der Waals surface area contributed by atoms with Crippen molar-refractivity contribution in [2.75, 3.05) is 16.8 Å². The topological polar surface area (TPSA) is 40.6 Å². The summed E-state index contributed by atoms with van der Waals surface area (Å²) in [6, 6.07) is 16.5. The summed E-state index contributed by atoms with van der Waals surface area (Å²) in [6.45, 7) is 0. The van der Waals surface area contributed by atoms with E-state index in [1.165, 1.54) is 9.80 Å². The Balaban J connectivity index is 2.21. The normalized spacial score (nSPS) is 15.1. The maximum absolute atomic E-state index is 12.3. The van der Waals surface area contributed by atoms with Gasteiger partial charge in [0.15, 0.2) is 6.42 Å². The fraction of sp³-hybridized carbons (Fsp3) is 0.0625. The summed E-state index contributed by atoms with van der Waals surface area (Å²) in [5.74, 6) is -0.904. The number of rotatable bonds is 1. The second-order valence-electron chi connectivity index (χ2n) is 4.45. The van der Waals surface area contributed by atoms with Crippen molar-refractivity contribution in [1.29, 1.82) is 0 Å². The van der Waals surface area contributed by atoms with E-state index in [0.29, 0.717) is 17.1 Å². The van der Waals surface area contributed by atoms with Gasteiger partial charge in [0.1, 0.15) is 0 Å². The molecule has 4 nitrogen and oxygen atoms in total. The minimum Gasteiger partial charge on any atom is -0.312 e. The van der Waals surface area contributed by atoms with Gasteiger partial charge in [0.25, 0.3) is 5.91 Å². The number of para-hydroxylation sites is 3. The molecule has 0 bridgehead atoms. The molecule has 98 valence electrons. The van der Waals surface area contributed by atoms with Crippen molar-refractivity contribution in [1.82, 2.24) is 0 Å². The fourth-order valence-corrected chi connectivity index (χ4v) is 2.22. The third kappa shape index (κ3) is 1.95. The van der Waals surface area contributed by atoms with E-state index in [2.05, 4.69) is 6.42 Å². The quantitative estimate of drug-likeness (QED) is 0.793. The number of fused-ring (bicyclic) bond motifs is 1. The molecule has 1 heterocycles. The molecule has 2 aromatic carbocycles. The van der Waals surface area contributed by atoms with Crippen LogP contribution < -0.4 is 9.80 Å². The number of hydrogen-bond donors (Lipinski definition) is 0. The van der Waals surface area contributed by atoms with E-state index in [0.717, 1.165) is 0 Å². The van der Waals surface area contributed by atoms with Gasteiger partial charge in [-0.25, -0.2) is 0 Å². The van der Waals surface area contributed by atoms with Gasteiger partial charge < -0.3 is 4.90 Å². The molecule has 0 N–H and O–H groups in total. The molecule has 0 saturated heterocycles. The van der Waals surface area contributed by atoms with Crippen LogP contribution in [0.15, 0.2) is 54.6 Å². The van der Waals surface area contributed by atoms with Gasteiger partial charge in [0, 0.05) is 12.7 Å². The Hall–Kier alpha value is -2.62. The lowest BCUT2D eigenvalue weighted by Gasteiger charge is -2.23. The van der Waals surface area contributed by atoms with E-state index in [-0.39, 0.29) is 0 Å². The Kier molecular flexibility index (Phi) is 2.99. The van der Waals surface area contributed by atoms with E-state index in [4.69, 9.17) is 0 Å². The first-order valence-corrected chi connectivity index (χ1v) is 6.21. The fourth-order valence-electron chi connectivity index (χ4n) is 2.22. The number of hydrogen-bond acceptors (Lipinski definition) is 2. The first-order chi connectivity index (χ1) is 9.68. The summed E-state index contributed by atoms with van der Waals surface area (Å²) in [6.07, 6.45) is 2.36. The molecule has 0 unspecified atom stereocenters. The van der Waals surface area contributed by atoms with Crippen LogP contribution in [-0.4, -0.2) is 18.9 Å². The maximum Gasteiger partial charge on any atom is 0.250 e. The van der Waals surface area contributed by atoms with E-state index in [9.17, 15) is 9.59 Å². The Labute approximate surface area is 117 Å². The van der Waals surface area contributed by atoms with Crippen LogP contribution >= 0.6 is 0 Å². The van der Waals surface area contributed by atoms with Crippen LogP contribution in [0.3, 0.4) is 0 Å². The van der Waals surface area contributed by atoms with Crippen molar-refractivity contribution in [2.45, 2.75) is 0 Å². The molecule has 4 heteroatoms. The zero-order chi connectivity index (χ0) is 14.1. The number of nitrogens with zero attached hydrogens (tertiary/aromatic N) is 2. The molecular weight excluding hydrogens is 252 g/mol. The number of amides is 2. The van der Waals surface area contributed by atoms with E-state index in [1.54, 1.807) is 7.05 Å². The monoisotopic (exact) mass is 264 g/mol. The Morgan fingerprint density at radius 2 is 1.40 bits per heavy atom. The van der Waals surface area contributed by atoms with Crippen molar-refractivity contribution in [3.8, 4) is 0 Å². The first kappa shape index (κ1) is 12.4. The zero-order valence-corrected chi connectivity index (χ0v) is 10.9. The van der Waals surface area contributed by atoms with Crippen molar-refractivity contribution in [3.05, 3.63) is 61.0 Å². The van der Waals surface area contributed by atoms with Gasteiger partial charge in [-0.3, -0.25) is 14.5 Å². The molecule has 2 amide bonds. The van der Waals surface area contributed by atoms with Crippen molar-refractivity contribution in [2.24, 2.45) is 0 Å². The Bertz CT molecular complexity index is 667. The predicted molar refractivity (Wildman–Crippen MR) is 76.7 cm³/mol. The Morgan fingerprint density at radius 3 is 2.10 bits per heavy atom. The molecule has 20 heavy (non-hydrogen) atoms. The lowest BCUT2D eigenvalue weighted by molar-refractivity contribution is -0.120. The average Bonchev–Trinajstić information content (AvgIpc) is 2.56.